The molecule has 136 valence electrons. The molecular weight excluding hydrogens is 382 g/mol. The van der Waals surface area contributed by atoms with Gasteiger partial charge in [0.15, 0.2) is 5.96 Å². The largest absolute Gasteiger partial charge is 0.492 e. The highest BCUT2D eigenvalue weighted by molar-refractivity contribution is 9.10. The second kappa shape index (κ2) is 9.46. The summed E-state index contributed by atoms with van der Waals surface area (Å²) in [5, 5.41) is 11.0. The van der Waals surface area contributed by atoms with E-state index in [1.165, 1.54) is 5.56 Å². The lowest BCUT2D eigenvalue weighted by Crippen LogP contribution is -2.39. The van der Waals surface area contributed by atoms with Crippen molar-refractivity contribution in [2.75, 3.05) is 19.7 Å². The first kappa shape index (κ1) is 19.3. The Labute approximate surface area is 157 Å². The van der Waals surface area contributed by atoms with E-state index >= 15 is 0 Å². The summed E-state index contributed by atoms with van der Waals surface area (Å²) in [6.07, 6.45) is 0. The van der Waals surface area contributed by atoms with Crippen molar-refractivity contribution >= 4 is 21.9 Å². The molecule has 1 aromatic carbocycles. The van der Waals surface area contributed by atoms with Crippen LogP contribution in [-0.4, -0.2) is 35.4 Å². The predicted molar refractivity (Wildman–Crippen MR) is 105 cm³/mol. The smallest absolute Gasteiger partial charge is 0.191 e. The van der Waals surface area contributed by atoms with Gasteiger partial charge in [-0.3, -0.25) is 4.68 Å². The zero-order valence-electron chi connectivity index (χ0n) is 15.3. The minimum absolute atomic E-state index is 0.566. The number of aryl methyl sites for hydroxylation is 2. The number of benzene rings is 1. The number of aliphatic imine (C=N–C) groups is 1. The Morgan fingerprint density at radius 1 is 1.24 bits per heavy atom. The molecule has 0 radical (unpaired) electrons. The number of aromatic nitrogens is 2. The summed E-state index contributed by atoms with van der Waals surface area (Å²) in [6, 6.07) is 7.81. The van der Waals surface area contributed by atoms with Gasteiger partial charge in [0.1, 0.15) is 12.4 Å². The summed E-state index contributed by atoms with van der Waals surface area (Å²) in [7, 11) is 1.96. The van der Waals surface area contributed by atoms with Gasteiger partial charge >= 0.3 is 0 Å². The molecule has 25 heavy (non-hydrogen) atoms. The molecule has 0 fully saturated rings. The highest BCUT2D eigenvalue weighted by Crippen LogP contribution is 2.15. The van der Waals surface area contributed by atoms with Crippen LogP contribution in [0.15, 0.2) is 33.7 Å². The summed E-state index contributed by atoms with van der Waals surface area (Å²) in [5.41, 5.74) is 3.35. The molecule has 0 aliphatic rings. The Balaban J connectivity index is 1.86. The van der Waals surface area contributed by atoms with Gasteiger partial charge in [0, 0.05) is 29.3 Å². The van der Waals surface area contributed by atoms with Gasteiger partial charge in [0.2, 0.25) is 0 Å². The van der Waals surface area contributed by atoms with Crippen LogP contribution in [0.4, 0.5) is 0 Å². The molecule has 0 atom stereocenters. The molecule has 0 spiro atoms. The molecule has 6 nitrogen and oxygen atoms in total. The number of nitrogens with one attached hydrogen (secondary N) is 2. The molecule has 2 N–H and O–H groups in total. The normalized spacial score (nSPS) is 11.5. The maximum Gasteiger partial charge on any atom is 0.191 e. The fraction of sp³-hybridized carbons (Fsp3) is 0.444. The molecule has 0 saturated heterocycles. The van der Waals surface area contributed by atoms with Crippen LogP contribution in [0, 0.1) is 13.8 Å². The summed E-state index contributed by atoms with van der Waals surface area (Å²) in [5.74, 6) is 1.64. The zero-order chi connectivity index (χ0) is 18.2. The van der Waals surface area contributed by atoms with E-state index in [-0.39, 0.29) is 0 Å². The average Bonchev–Trinajstić information content (AvgIpc) is 2.83. The van der Waals surface area contributed by atoms with Crippen molar-refractivity contribution in [3.05, 3.63) is 45.7 Å². The summed E-state index contributed by atoms with van der Waals surface area (Å²) < 4.78 is 8.65. The van der Waals surface area contributed by atoms with E-state index in [0.29, 0.717) is 19.7 Å². The van der Waals surface area contributed by atoms with E-state index in [0.717, 1.165) is 34.1 Å². The van der Waals surface area contributed by atoms with Crippen molar-refractivity contribution in [1.82, 2.24) is 20.4 Å². The van der Waals surface area contributed by atoms with Gasteiger partial charge in [0.05, 0.1) is 18.8 Å². The third-order valence-corrected chi connectivity index (χ3v) is 4.40. The highest BCUT2D eigenvalue weighted by atomic mass is 79.9. The first-order valence-corrected chi connectivity index (χ1v) is 9.20. The van der Waals surface area contributed by atoms with Gasteiger partial charge in [-0.05, 0) is 45.0 Å². The topological polar surface area (TPSA) is 63.5 Å². The summed E-state index contributed by atoms with van der Waals surface area (Å²) in [6.45, 7) is 8.79. The first-order valence-electron chi connectivity index (χ1n) is 8.41. The standard InChI is InChI=1S/C18H26BrN5O/c1-5-20-18(22-12-17-13(2)23-24(4)14(17)3)21-10-11-25-16-8-6-15(19)7-9-16/h6-9H,5,10-12H2,1-4H3,(H2,20,21,22). The molecule has 1 aromatic heterocycles. The molecule has 1 heterocycles. The number of rotatable bonds is 7. The van der Waals surface area contributed by atoms with Gasteiger partial charge in [-0.15, -0.1) is 0 Å². The van der Waals surface area contributed by atoms with Crippen molar-refractivity contribution in [1.29, 1.82) is 0 Å². The Morgan fingerprint density at radius 3 is 2.56 bits per heavy atom. The molecule has 2 rings (SSSR count). The van der Waals surface area contributed by atoms with Crippen molar-refractivity contribution < 1.29 is 4.74 Å². The molecule has 0 unspecified atom stereocenters. The molecule has 0 bridgehead atoms. The Hall–Kier alpha value is -2.02. The fourth-order valence-corrected chi connectivity index (χ4v) is 2.68. The monoisotopic (exact) mass is 407 g/mol. The summed E-state index contributed by atoms with van der Waals surface area (Å²) in [4.78, 5) is 4.65. The van der Waals surface area contributed by atoms with Gasteiger partial charge in [0.25, 0.3) is 0 Å². The number of halogens is 1. The SMILES string of the molecule is CCNC(=NCc1c(C)nn(C)c1C)NCCOc1ccc(Br)cc1. The molecule has 0 saturated carbocycles. The van der Waals surface area contributed by atoms with Gasteiger partial charge < -0.3 is 15.4 Å². The fourth-order valence-electron chi connectivity index (χ4n) is 2.42. The quantitative estimate of drug-likeness (QED) is 0.420. The molecule has 0 aliphatic carbocycles. The van der Waals surface area contributed by atoms with Crippen LogP contribution >= 0.6 is 15.9 Å². The lowest BCUT2D eigenvalue weighted by atomic mass is 10.2. The highest BCUT2D eigenvalue weighted by Gasteiger charge is 2.08. The third-order valence-electron chi connectivity index (χ3n) is 3.88. The van der Waals surface area contributed by atoms with E-state index in [1.54, 1.807) is 0 Å². The van der Waals surface area contributed by atoms with Gasteiger partial charge in [-0.1, -0.05) is 15.9 Å². The van der Waals surface area contributed by atoms with E-state index < -0.39 is 0 Å². The van der Waals surface area contributed by atoms with E-state index in [2.05, 4.69) is 50.5 Å². The third kappa shape index (κ3) is 5.77. The maximum absolute atomic E-state index is 5.71. The predicted octanol–water partition coefficient (Wildman–Crippen LogP) is 2.93. The van der Waals surface area contributed by atoms with Crippen molar-refractivity contribution in [2.45, 2.75) is 27.3 Å². The van der Waals surface area contributed by atoms with E-state index in [9.17, 15) is 0 Å². The Kier molecular flexibility index (Phi) is 7.31. The van der Waals surface area contributed by atoms with Gasteiger partial charge in [-0.2, -0.15) is 5.10 Å². The number of guanidine groups is 1. The number of ether oxygens (including phenoxy) is 1. The van der Waals surface area contributed by atoms with Crippen LogP contribution in [0.1, 0.15) is 23.9 Å². The molecule has 2 aromatic rings. The summed E-state index contributed by atoms with van der Waals surface area (Å²) >= 11 is 3.41. The number of nitrogens with zero attached hydrogens (tertiary/aromatic N) is 3. The van der Waals surface area contributed by atoms with Crippen LogP contribution in [0.25, 0.3) is 0 Å². The molecule has 0 amide bonds. The van der Waals surface area contributed by atoms with Crippen LogP contribution in [0.5, 0.6) is 5.75 Å². The Morgan fingerprint density at radius 2 is 1.96 bits per heavy atom. The lowest BCUT2D eigenvalue weighted by Gasteiger charge is -2.12. The van der Waals surface area contributed by atoms with E-state index in [4.69, 9.17) is 4.74 Å². The Bertz CT molecular complexity index is 709. The molecular formula is C18H26BrN5O. The number of hydrogen-bond acceptors (Lipinski definition) is 3. The molecule has 7 heteroatoms. The second-order valence-corrected chi connectivity index (χ2v) is 6.61. The second-order valence-electron chi connectivity index (χ2n) is 5.70. The minimum atomic E-state index is 0.566. The molecule has 0 aliphatic heterocycles. The maximum atomic E-state index is 5.71. The van der Waals surface area contributed by atoms with Crippen molar-refractivity contribution in [3.63, 3.8) is 0 Å². The zero-order valence-corrected chi connectivity index (χ0v) is 16.9. The van der Waals surface area contributed by atoms with Crippen LogP contribution in [-0.2, 0) is 13.6 Å². The van der Waals surface area contributed by atoms with Gasteiger partial charge in [-0.25, -0.2) is 4.99 Å². The number of hydrogen-bond donors (Lipinski definition) is 2. The van der Waals surface area contributed by atoms with Crippen molar-refractivity contribution in [2.24, 2.45) is 12.0 Å². The van der Waals surface area contributed by atoms with Crippen LogP contribution in [0.2, 0.25) is 0 Å². The lowest BCUT2D eigenvalue weighted by molar-refractivity contribution is 0.322. The first-order chi connectivity index (χ1) is 12.0. The van der Waals surface area contributed by atoms with Crippen LogP contribution in [0.3, 0.4) is 0 Å². The van der Waals surface area contributed by atoms with Crippen molar-refractivity contribution in [3.8, 4) is 5.75 Å². The average molecular weight is 408 g/mol. The van der Waals surface area contributed by atoms with Crippen LogP contribution < -0.4 is 15.4 Å². The van der Waals surface area contributed by atoms with E-state index in [1.807, 2.05) is 42.9 Å². The minimum Gasteiger partial charge on any atom is -0.492 e.